The minimum absolute atomic E-state index is 0. The molecule has 2 aliphatic heterocycles. The number of rotatable bonds is 2. The van der Waals surface area contributed by atoms with Gasteiger partial charge in [-0.15, -0.1) is 24.0 Å². The maximum Gasteiger partial charge on any atom is 0.193 e. The molecule has 6 nitrogen and oxygen atoms in total. The molecule has 138 valence electrons. The van der Waals surface area contributed by atoms with E-state index in [1.165, 1.54) is 0 Å². The van der Waals surface area contributed by atoms with Gasteiger partial charge in [-0.05, 0) is 24.3 Å². The summed E-state index contributed by atoms with van der Waals surface area (Å²) in [6.07, 6.45) is 0.864. The Hall–Kier alpha value is -1.87. The van der Waals surface area contributed by atoms with Gasteiger partial charge in [0, 0.05) is 28.8 Å². The maximum absolute atomic E-state index is 6.26. The van der Waals surface area contributed by atoms with Crippen LogP contribution >= 0.6 is 35.6 Å². The van der Waals surface area contributed by atoms with E-state index in [1.807, 2.05) is 36.4 Å². The van der Waals surface area contributed by atoms with Crippen LogP contribution < -0.4 is 25.3 Å². The average Bonchev–Trinajstić information content (AvgIpc) is 2.86. The molecule has 0 spiro atoms. The Morgan fingerprint density at radius 1 is 1.08 bits per heavy atom. The molecule has 0 fully saturated rings. The first-order valence-electron chi connectivity index (χ1n) is 8.12. The van der Waals surface area contributed by atoms with E-state index >= 15 is 0 Å². The van der Waals surface area contributed by atoms with E-state index in [1.54, 1.807) is 0 Å². The third-order valence-electron chi connectivity index (χ3n) is 4.06. The molecule has 0 aromatic heterocycles. The van der Waals surface area contributed by atoms with Crippen LogP contribution in [0.25, 0.3) is 0 Å². The summed E-state index contributed by atoms with van der Waals surface area (Å²) in [6.45, 7) is 1.71. The van der Waals surface area contributed by atoms with Crippen LogP contribution in [0.3, 0.4) is 0 Å². The number of hydrogen-bond donors (Lipinski definition) is 2. The summed E-state index contributed by atoms with van der Waals surface area (Å²) in [5, 5.41) is 3.71. The molecule has 0 radical (unpaired) electrons. The zero-order valence-corrected chi connectivity index (χ0v) is 17.0. The van der Waals surface area contributed by atoms with Gasteiger partial charge in [0.25, 0.3) is 0 Å². The Morgan fingerprint density at radius 2 is 1.88 bits per heavy atom. The van der Waals surface area contributed by atoms with Gasteiger partial charge < -0.3 is 25.3 Å². The number of aliphatic imine (C=N–C) groups is 1. The zero-order valence-electron chi connectivity index (χ0n) is 13.9. The molecule has 1 atom stereocenters. The Morgan fingerprint density at radius 3 is 2.73 bits per heavy atom. The number of nitrogens with zero attached hydrogens (tertiary/aromatic N) is 1. The lowest BCUT2D eigenvalue weighted by atomic mass is 10.1. The first kappa shape index (κ1) is 18.9. The van der Waals surface area contributed by atoms with Gasteiger partial charge in [-0.3, -0.25) is 0 Å². The summed E-state index contributed by atoms with van der Waals surface area (Å²) in [5.41, 5.74) is 7.72. The quantitative estimate of drug-likeness (QED) is 0.381. The van der Waals surface area contributed by atoms with E-state index in [0.29, 0.717) is 30.6 Å². The van der Waals surface area contributed by atoms with Gasteiger partial charge in [-0.1, -0.05) is 17.7 Å². The second-order valence-electron chi connectivity index (χ2n) is 5.83. The first-order chi connectivity index (χ1) is 12.2. The van der Waals surface area contributed by atoms with E-state index in [9.17, 15) is 0 Å². The molecule has 0 saturated carbocycles. The van der Waals surface area contributed by atoms with Gasteiger partial charge in [-0.25, -0.2) is 4.99 Å². The highest BCUT2D eigenvalue weighted by Crippen LogP contribution is 2.39. The standard InChI is InChI=1S/C18H18ClN3O3.HI/c19-12-3-1-4-15-17(12)13(10-25-15)22-18(20)21-11-5-6-14-16(9-11)24-8-2-7-23-14;/h1,3-6,9,13H,2,7-8,10H2,(H3,20,21,22);1H. The van der Waals surface area contributed by atoms with Crippen molar-refractivity contribution in [1.82, 2.24) is 0 Å². The number of fused-ring (bicyclic) bond motifs is 2. The second kappa shape index (κ2) is 8.22. The van der Waals surface area contributed by atoms with E-state index < -0.39 is 0 Å². The molecule has 0 amide bonds. The van der Waals surface area contributed by atoms with Gasteiger partial charge in [0.15, 0.2) is 17.5 Å². The minimum Gasteiger partial charge on any atom is -0.491 e. The van der Waals surface area contributed by atoms with E-state index in [-0.39, 0.29) is 36.0 Å². The number of halogens is 2. The Bertz CT molecular complexity index is 831. The number of nitrogens with two attached hydrogens (primary N) is 1. The number of hydrogen-bond acceptors (Lipinski definition) is 4. The van der Waals surface area contributed by atoms with Crippen LogP contribution in [0.2, 0.25) is 5.02 Å². The highest BCUT2D eigenvalue weighted by atomic mass is 127. The van der Waals surface area contributed by atoms with Gasteiger partial charge >= 0.3 is 0 Å². The normalized spacial score (nSPS) is 18.2. The van der Waals surface area contributed by atoms with Crippen molar-refractivity contribution in [2.45, 2.75) is 12.5 Å². The van der Waals surface area contributed by atoms with Crippen molar-refractivity contribution in [3.8, 4) is 17.2 Å². The summed E-state index contributed by atoms with van der Waals surface area (Å²) in [7, 11) is 0. The van der Waals surface area contributed by atoms with Crippen molar-refractivity contribution >= 4 is 47.2 Å². The van der Waals surface area contributed by atoms with Crippen molar-refractivity contribution < 1.29 is 14.2 Å². The van der Waals surface area contributed by atoms with Crippen molar-refractivity contribution in [3.05, 3.63) is 47.0 Å². The summed E-state index contributed by atoms with van der Waals surface area (Å²) in [4.78, 5) is 4.51. The highest BCUT2D eigenvalue weighted by molar-refractivity contribution is 14.0. The predicted octanol–water partition coefficient (Wildman–Crippen LogP) is 3.98. The zero-order chi connectivity index (χ0) is 17.2. The lowest BCUT2D eigenvalue weighted by Crippen LogP contribution is -2.24. The SMILES string of the molecule is I.NC(=NC1COc2cccc(Cl)c21)Nc1ccc2c(c1)OCCCO2. The first-order valence-corrected chi connectivity index (χ1v) is 8.49. The van der Waals surface area contributed by atoms with Gasteiger partial charge in [0.2, 0.25) is 0 Å². The molecule has 4 rings (SSSR count). The Kier molecular flexibility index (Phi) is 5.98. The van der Waals surface area contributed by atoms with Crippen molar-refractivity contribution in [2.24, 2.45) is 10.7 Å². The molecule has 2 heterocycles. The molecule has 0 aliphatic carbocycles. The topological polar surface area (TPSA) is 78.1 Å². The summed E-state index contributed by atoms with van der Waals surface area (Å²) in [6, 6.07) is 10.9. The number of benzene rings is 2. The maximum atomic E-state index is 6.26. The Balaban J connectivity index is 0.00000196. The monoisotopic (exact) mass is 487 g/mol. The number of nitrogens with one attached hydrogen (secondary N) is 1. The highest BCUT2D eigenvalue weighted by Gasteiger charge is 2.26. The van der Waals surface area contributed by atoms with Crippen LogP contribution in [-0.4, -0.2) is 25.8 Å². The van der Waals surface area contributed by atoms with E-state index in [4.69, 9.17) is 31.5 Å². The van der Waals surface area contributed by atoms with Crippen molar-refractivity contribution in [2.75, 3.05) is 25.1 Å². The molecule has 8 heteroatoms. The van der Waals surface area contributed by atoms with Gasteiger partial charge in [0.1, 0.15) is 18.4 Å². The molecular formula is C18H19ClIN3O3. The predicted molar refractivity (Wildman–Crippen MR) is 112 cm³/mol. The molecule has 26 heavy (non-hydrogen) atoms. The minimum atomic E-state index is -0.225. The van der Waals surface area contributed by atoms with Crippen LogP contribution in [-0.2, 0) is 0 Å². The van der Waals surface area contributed by atoms with Crippen LogP contribution in [0, 0.1) is 0 Å². The smallest absolute Gasteiger partial charge is 0.193 e. The molecule has 2 aromatic rings. The van der Waals surface area contributed by atoms with Crippen molar-refractivity contribution in [3.63, 3.8) is 0 Å². The third kappa shape index (κ3) is 3.93. The molecule has 1 unspecified atom stereocenters. The molecule has 0 bridgehead atoms. The van der Waals surface area contributed by atoms with Gasteiger partial charge in [-0.2, -0.15) is 0 Å². The van der Waals surface area contributed by atoms with Crippen LogP contribution in [0.1, 0.15) is 18.0 Å². The largest absolute Gasteiger partial charge is 0.491 e. The van der Waals surface area contributed by atoms with Crippen LogP contribution in [0.4, 0.5) is 5.69 Å². The molecule has 2 aliphatic rings. The summed E-state index contributed by atoms with van der Waals surface area (Å²) < 4.78 is 16.9. The summed E-state index contributed by atoms with van der Waals surface area (Å²) >= 11 is 6.26. The average molecular weight is 488 g/mol. The fraction of sp³-hybridized carbons (Fsp3) is 0.278. The molecule has 2 aromatic carbocycles. The number of ether oxygens (including phenoxy) is 3. The second-order valence-corrected chi connectivity index (χ2v) is 6.24. The molecule has 3 N–H and O–H groups in total. The van der Waals surface area contributed by atoms with Crippen LogP contribution in [0.5, 0.6) is 17.2 Å². The Labute approximate surface area is 173 Å². The van der Waals surface area contributed by atoms with Crippen molar-refractivity contribution in [1.29, 1.82) is 0 Å². The molecule has 0 saturated heterocycles. The lowest BCUT2D eigenvalue weighted by Gasteiger charge is -2.12. The third-order valence-corrected chi connectivity index (χ3v) is 4.39. The van der Waals surface area contributed by atoms with E-state index in [2.05, 4.69) is 10.3 Å². The van der Waals surface area contributed by atoms with Crippen LogP contribution in [0.15, 0.2) is 41.4 Å². The molecular weight excluding hydrogens is 469 g/mol. The number of anilines is 1. The fourth-order valence-corrected chi connectivity index (χ4v) is 3.20. The fourth-order valence-electron chi connectivity index (χ4n) is 2.91. The van der Waals surface area contributed by atoms with Gasteiger partial charge in [0.05, 0.1) is 13.2 Å². The lowest BCUT2D eigenvalue weighted by molar-refractivity contribution is 0.297. The summed E-state index contributed by atoms with van der Waals surface area (Å²) in [5.74, 6) is 2.48. The van der Waals surface area contributed by atoms with E-state index in [0.717, 1.165) is 29.2 Å². The number of guanidine groups is 1.